The highest BCUT2D eigenvalue weighted by atomic mass is 31.2. The monoisotopic (exact) mass is 738 g/mol. The first-order valence-corrected chi connectivity index (χ1v) is 21.2. The molecule has 0 spiro atoms. The normalized spacial score (nSPS) is 13.1. The summed E-state index contributed by atoms with van der Waals surface area (Å²) in [5.74, 6) is -0.974. The van der Waals surface area contributed by atoms with E-state index >= 15 is 0 Å². The number of carbonyl (C=O) groups excluding carboxylic acids is 2. The Labute approximate surface area is 309 Å². The summed E-state index contributed by atoms with van der Waals surface area (Å²) in [7, 11) is -4.77. The van der Waals surface area contributed by atoms with Crippen LogP contribution in [0.1, 0.15) is 161 Å². The molecule has 0 bridgehead atoms. The Morgan fingerprint density at radius 1 is 0.549 bits per heavy atom. The Bertz CT molecular complexity index is 1010. The van der Waals surface area contributed by atoms with Gasteiger partial charge in [-0.1, -0.05) is 125 Å². The van der Waals surface area contributed by atoms with Crippen molar-refractivity contribution in [1.82, 2.24) is 0 Å². The van der Waals surface area contributed by atoms with Gasteiger partial charge in [0.15, 0.2) is 6.10 Å². The average Bonchev–Trinajstić information content (AvgIpc) is 3.10. The first-order chi connectivity index (χ1) is 24.8. The zero-order valence-corrected chi connectivity index (χ0v) is 32.6. The summed E-state index contributed by atoms with van der Waals surface area (Å²) in [4.78, 5) is 42.7. The van der Waals surface area contributed by atoms with Crippen LogP contribution in [0.4, 0.5) is 0 Å². The zero-order chi connectivity index (χ0) is 37.5. The van der Waals surface area contributed by atoms with E-state index < -0.39 is 32.5 Å². The molecule has 0 aromatic heterocycles. The van der Waals surface area contributed by atoms with E-state index in [9.17, 15) is 14.2 Å². The van der Waals surface area contributed by atoms with E-state index in [4.69, 9.17) is 24.4 Å². The highest BCUT2D eigenvalue weighted by Crippen LogP contribution is 2.36. The molecule has 51 heavy (non-hydrogen) atoms. The van der Waals surface area contributed by atoms with Crippen LogP contribution in [0.25, 0.3) is 0 Å². The molecule has 0 aliphatic heterocycles. The molecule has 294 valence electrons. The van der Waals surface area contributed by atoms with Gasteiger partial charge >= 0.3 is 19.8 Å². The molecule has 0 fully saturated rings. The quantitative estimate of drug-likeness (QED) is 0.0248. The van der Waals surface area contributed by atoms with Crippen LogP contribution in [0.5, 0.6) is 0 Å². The second-order valence-electron chi connectivity index (χ2n) is 13.0. The van der Waals surface area contributed by atoms with Crippen molar-refractivity contribution in [2.75, 3.05) is 19.8 Å². The lowest BCUT2D eigenvalue weighted by molar-refractivity contribution is -0.161. The van der Waals surface area contributed by atoms with Crippen molar-refractivity contribution in [2.45, 2.75) is 167 Å². The van der Waals surface area contributed by atoms with E-state index in [0.717, 1.165) is 70.6 Å². The summed E-state index contributed by atoms with van der Waals surface area (Å²) in [5.41, 5.74) is 0. The number of phosphoric acid groups is 1. The van der Waals surface area contributed by atoms with E-state index in [1.807, 2.05) is 6.08 Å². The maximum absolute atomic E-state index is 12.4. The molecule has 0 aromatic carbocycles. The van der Waals surface area contributed by atoms with Gasteiger partial charge in [-0.25, -0.2) is 4.57 Å². The van der Waals surface area contributed by atoms with Gasteiger partial charge in [-0.05, 0) is 83.5 Å². The predicted octanol–water partition coefficient (Wildman–Crippen LogP) is 10.7. The number of unbranched alkanes of at least 4 members (excludes halogenated alkanes) is 15. The largest absolute Gasteiger partial charge is 0.469 e. The van der Waals surface area contributed by atoms with Crippen molar-refractivity contribution >= 4 is 19.8 Å². The molecule has 10 heteroatoms. The summed E-state index contributed by atoms with van der Waals surface area (Å²) in [6, 6.07) is 0. The summed E-state index contributed by atoms with van der Waals surface area (Å²) < 4.78 is 26.3. The van der Waals surface area contributed by atoms with E-state index in [0.29, 0.717) is 19.3 Å². The summed E-state index contributed by atoms with van der Waals surface area (Å²) in [5, 5.41) is 8.77. The van der Waals surface area contributed by atoms with Gasteiger partial charge in [0.1, 0.15) is 6.61 Å². The van der Waals surface area contributed by atoms with Crippen LogP contribution in [0.2, 0.25) is 0 Å². The Morgan fingerprint density at radius 2 is 0.980 bits per heavy atom. The lowest BCUT2D eigenvalue weighted by atomic mass is 10.1. The minimum atomic E-state index is -4.77. The van der Waals surface area contributed by atoms with Gasteiger partial charge in [-0.15, -0.1) is 0 Å². The molecular weight excluding hydrogens is 667 g/mol. The number of aliphatic hydroxyl groups is 1. The lowest BCUT2D eigenvalue weighted by Crippen LogP contribution is -2.29. The molecule has 0 amide bonds. The molecule has 0 rings (SSSR count). The van der Waals surface area contributed by atoms with Crippen LogP contribution in [0.15, 0.2) is 60.8 Å². The van der Waals surface area contributed by atoms with Crippen LogP contribution in [0.3, 0.4) is 0 Å². The predicted molar refractivity (Wildman–Crippen MR) is 208 cm³/mol. The summed E-state index contributed by atoms with van der Waals surface area (Å²) in [6.45, 7) is 1.62. The highest BCUT2D eigenvalue weighted by Gasteiger charge is 2.22. The van der Waals surface area contributed by atoms with Gasteiger partial charge in [0.2, 0.25) is 0 Å². The fourth-order valence-electron chi connectivity index (χ4n) is 5.10. The van der Waals surface area contributed by atoms with E-state index in [-0.39, 0.29) is 26.1 Å². The van der Waals surface area contributed by atoms with Crippen molar-refractivity contribution in [3.05, 3.63) is 60.8 Å². The van der Waals surface area contributed by atoms with Gasteiger partial charge < -0.3 is 24.4 Å². The standard InChI is InChI=1S/C41H71O9P/c1-2-3-4-5-6-7-8-9-13-17-20-23-26-29-32-35-41(44)50-39(38-49-51(45,46)47)37-48-40(43)34-31-28-25-22-19-16-14-11-10-12-15-18-21-24-27-30-33-36-42/h7-8,10,12,14,16,18,21-22,25,39,42H,2-6,9,11,13,15,17,19-20,23-24,26-38H2,1H3,(H2,45,46,47)/b8-7-,12-10-,16-14-,21-18-,25-22-/t39-/m1/s1. The third-order valence-corrected chi connectivity index (χ3v) is 8.55. The van der Waals surface area contributed by atoms with Crippen molar-refractivity contribution in [2.24, 2.45) is 0 Å². The van der Waals surface area contributed by atoms with Crippen LogP contribution < -0.4 is 0 Å². The molecule has 0 aromatic rings. The minimum absolute atomic E-state index is 0.178. The number of aliphatic hydroxyl groups excluding tert-OH is 1. The fourth-order valence-corrected chi connectivity index (χ4v) is 5.46. The number of rotatable bonds is 36. The van der Waals surface area contributed by atoms with Gasteiger partial charge in [0.25, 0.3) is 0 Å². The van der Waals surface area contributed by atoms with Gasteiger partial charge in [0.05, 0.1) is 6.61 Å². The molecule has 1 atom stereocenters. The van der Waals surface area contributed by atoms with Gasteiger partial charge in [-0.2, -0.15) is 0 Å². The first kappa shape index (κ1) is 48.7. The number of allylic oxidation sites excluding steroid dienone is 10. The van der Waals surface area contributed by atoms with Crippen molar-refractivity contribution in [3.8, 4) is 0 Å². The fraction of sp³-hybridized carbons (Fsp3) is 0.707. The molecule has 0 heterocycles. The molecule has 0 saturated heterocycles. The van der Waals surface area contributed by atoms with Crippen molar-refractivity contribution in [1.29, 1.82) is 0 Å². The number of hydrogen-bond donors (Lipinski definition) is 3. The topological polar surface area (TPSA) is 140 Å². The zero-order valence-electron chi connectivity index (χ0n) is 31.7. The first-order valence-electron chi connectivity index (χ1n) is 19.7. The van der Waals surface area contributed by atoms with Crippen LogP contribution in [-0.4, -0.2) is 52.8 Å². The minimum Gasteiger partial charge on any atom is -0.462 e. The third kappa shape index (κ3) is 40.3. The Hall–Kier alpha value is -2.29. The second-order valence-corrected chi connectivity index (χ2v) is 14.2. The second kappa shape index (κ2) is 37.5. The van der Waals surface area contributed by atoms with Gasteiger partial charge in [0, 0.05) is 19.4 Å². The van der Waals surface area contributed by atoms with Crippen LogP contribution in [-0.2, 0) is 28.2 Å². The van der Waals surface area contributed by atoms with E-state index in [1.165, 1.54) is 51.4 Å². The summed E-state index contributed by atoms with van der Waals surface area (Å²) >= 11 is 0. The van der Waals surface area contributed by atoms with Crippen molar-refractivity contribution < 1.29 is 43.0 Å². The number of ether oxygens (including phenoxy) is 2. The Morgan fingerprint density at radius 3 is 1.51 bits per heavy atom. The SMILES string of the molecule is CCCCCC/C=C\CCCCCCCCCC(=O)O[C@H](COC(=O)CCC/C=C\C/C=C\C/C=C\C/C=C\CCCCCO)COP(=O)(O)O. The van der Waals surface area contributed by atoms with Crippen molar-refractivity contribution in [3.63, 3.8) is 0 Å². The Balaban J connectivity index is 4.06. The maximum Gasteiger partial charge on any atom is 0.469 e. The molecule has 0 aliphatic rings. The summed E-state index contributed by atoms with van der Waals surface area (Å²) in [6.07, 6.45) is 43.8. The third-order valence-electron chi connectivity index (χ3n) is 8.06. The van der Waals surface area contributed by atoms with E-state index in [2.05, 4.69) is 66.1 Å². The molecule has 0 saturated carbocycles. The molecule has 9 nitrogen and oxygen atoms in total. The Kier molecular flexibility index (Phi) is 35.8. The molecule has 3 N–H and O–H groups in total. The average molecular weight is 739 g/mol. The molecule has 0 aliphatic carbocycles. The number of hydrogen-bond acceptors (Lipinski definition) is 7. The maximum atomic E-state index is 12.4. The number of phosphoric ester groups is 1. The smallest absolute Gasteiger partial charge is 0.462 e. The van der Waals surface area contributed by atoms with E-state index in [1.54, 1.807) is 0 Å². The number of esters is 2. The van der Waals surface area contributed by atoms with Crippen LogP contribution in [0, 0.1) is 0 Å². The number of carbonyl (C=O) groups is 2. The molecule has 0 radical (unpaired) electrons. The van der Waals surface area contributed by atoms with Gasteiger partial charge in [-0.3, -0.25) is 14.1 Å². The van der Waals surface area contributed by atoms with Crippen LogP contribution >= 0.6 is 7.82 Å². The molecular formula is C41H71O9P. The highest BCUT2D eigenvalue weighted by molar-refractivity contribution is 7.46. The molecule has 0 unspecified atom stereocenters. The lowest BCUT2D eigenvalue weighted by Gasteiger charge is -2.18.